The minimum Gasteiger partial charge on any atom is -0.228 e. The van der Waals surface area contributed by atoms with E-state index in [1.54, 1.807) is 0 Å². The van der Waals surface area contributed by atoms with Gasteiger partial charge >= 0.3 is 0 Å². The smallest absolute Gasteiger partial charge is 0.228 e. The molecule has 1 aliphatic heterocycles. The number of rotatable bonds is 2. The van der Waals surface area contributed by atoms with Crippen LogP contribution in [0.2, 0.25) is 0 Å². The predicted octanol–water partition coefficient (Wildman–Crippen LogP) is -0.0902. The highest BCUT2D eigenvalue weighted by Gasteiger charge is 2.22. The average molecular weight is 231 g/mol. The summed E-state index contributed by atoms with van der Waals surface area (Å²) in [7, 11) is -1.76. The van der Waals surface area contributed by atoms with Gasteiger partial charge in [-0.1, -0.05) is 6.08 Å². The molecular formula is C5H7ClO4S2. The highest BCUT2D eigenvalue weighted by Crippen LogP contribution is 2.14. The molecule has 0 unspecified atom stereocenters. The van der Waals surface area contributed by atoms with Gasteiger partial charge in [-0.05, 0) is 5.57 Å². The molecule has 0 aromatic carbocycles. The first kappa shape index (κ1) is 10.0. The Morgan fingerprint density at radius 1 is 1.50 bits per heavy atom. The maximum atomic E-state index is 10.8. The van der Waals surface area contributed by atoms with E-state index in [-0.39, 0.29) is 17.3 Å². The average Bonchev–Trinajstić information content (AvgIpc) is 2.05. The minimum absolute atomic E-state index is 0.0747. The molecule has 0 amide bonds. The Kier molecular flexibility index (Phi) is 2.51. The molecule has 0 spiro atoms. The van der Waals surface area contributed by atoms with Crippen LogP contribution in [0, 0.1) is 0 Å². The van der Waals surface area contributed by atoms with E-state index in [0.717, 1.165) is 0 Å². The third-order valence-electron chi connectivity index (χ3n) is 1.39. The van der Waals surface area contributed by atoms with Gasteiger partial charge in [-0.3, -0.25) is 0 Å². The van der Waals surface area contributed by atoms with Gasteiger partial charge in [0.25, 0.3) is 0 Å². The maximum absolute atomic E-state index is 10.8. The zero-order chi connectivity index (χ0) is 9.41. The van der Waals surface area contributed by atoms with Crippen molar-refractivity contribution in [3.63, 3.8) is 0 Å². The molecule has 0 bridgehead atoms. The summed E-state index contributed by atoms with van der Waals surface area (Å²) in [6.07, 6.45) is 1.40. The quantitative estimate of drug-likeness (QED) is 0.491. The molecule has 0 N–H and O–H groups in total. The van der Waals surface area contributed by atoms with Gasteiger partial charge in [0.15, 0.2) is 9.84 Å². The lowest BCUT2D eigenvalue weighted by Gasteiger charge is -1.95. The van der Waals surface area contributed by atoms with Crippen molar-refractivity contribution in [1.82, 2.24) is 0 Å². The van der Waals surface area contributed by atoms with Crippen molar-refractivity contribution >= 4 is 29.6 Å². The molecule has 0 saturated carbocycles. The Balaban J connectivity index is 2.73. The second-order valence-electron chi connectivity index (χ2n) is 2.60. The Morgan fingerprint density at radius 2 is 2.08 bits per heavy atom. The largest absolute Gasteiger partial charge is 0.236 e. The molecule has 0 fully saturated rings. The molecule has 1 aliphatic rings. The van der Waals surface area contributed by atoms with Gasteiger partial charge in [0.2, 0.25) is 9.05 Å². The SMILES string of the molecule is O=S(=O)(Cl)CC1=CCS(=O)(=O)C1. The van der Waals surface area contributed by atoms with Crippen molar-refractivity contribution in [2.75, 3.05) is 17.3 Å². The molecule has 0 aromatic rings. The molecule has 1 rings (SSSR count). The summed E-state index contributed by atoms with van der Waals surface area (Å²) in [6.45, 7) is 0. The Labute approximate surface area is 75.6 Å². The van der Waals surface area contributed by atoms with Crippen LogP contribution in [0.1, 0.15) is 0 Å². The first-order valence-electron chi connectivity index (χ1n) is 3.09. The maximum Gasteiger partial charge on any atom is 0.236 e. The topological polar surface area (TPSA) is 68.3 Å². The molecule has 7 heteroatoms. The molecule has 70 valence electrons. The van der Waals surface area contributed by atoms with Crippen LogP contribution in [0.15, 0.2) is 11.6 Å². The van der Waals surface area contributed by atoms with Gasteiger partial charge in [0.1, 0.15) is 0 Å². The van der Waals surface area contributed by atoms with Crippen molar-refractivity contribution in [3.05, 3.63) is 11.6 Å². The monoisotopic (exact) mass is 230 g/mol. The fourth-order valence-electron chi connectivity index (χ4n) is 0.967. The van der Waals surface area contributed by atoms with E-state index in [2.05, 4.69) is 0 Å². The number of hydrogen-bond donors (Lipinski definition) is 0. The number of sulfone groups is 1. The van der Waals surface area contributed by atoms with Crippen LogP contribution < -0.4 is 0 Å². The van der Waals surface area contributed by atoms with E-state index in [0.29, 0.717) is 5.57 Å². The summed E-state index contributed by atoms with van der Waals surface area (Å²) in [5, 5.41) is 0. The molecule has 4 nitrogen and oxygen atoms in total. The zero-order valence-electron chi connectivity index (χ0n) is 6.03. The van der Waals surface area contributed by atoms with Gasteiger partial charge in [0.05, 0.1) is 17.3 Å². The summed E-state index contributed by atoms with van der Waals surface area (Å²) in [5.74, 6) is -0.624. The molecule has 0 atom stereocenters. The summed E-state index contributed by atoms with van der Waals surface area (Å²) in [6, 6.07) is 0. The molecule has 1 heterocycles. The molecule has 12 heavy (non-hydrogen) atoms. The summed E-state index contributed by atoms with van der Waals surface area (Å²) in [5.41, 5.74) is 0.366. The van der Waals surface area contributed by atoms with E-state index in [1.807, 2.05) is 0 Å². The van der Waals surface area contributed by atoms with Gasteiger partial charge in [-0.15, -0.1) is 0 Å². The van der Waals surface area contributed by atoms with Crippen molar-refractivity contribution in [1.29, 1.82) is 0 Å². The lowest BCUT2D eigenvalue weighted by atomic mass is 10.3. The van der Waals surface area contributed by atoms with Crippen LogP contribution in [0.5, 0.6) is 0 Å². The van der Waals surface area contributed by atoms with Crippen LogP contribution >= 0.6 is 10.7 Å². The fourth-order valence-corrected chi connectivity index (χ4v) is 3.57. The van der Waals surface area contributed by atoms with Gasteiger partial charge in [-0.2, -0.15) is 0 Å². The Morgan fingerprint density at radius 3 is 2.42 bits per heavy atom. The van der Waals surface area contributed by atoms with E-state index < -0.39 is 18.9 Å². The van der Waals surface area contributed by atoms with E-state index in [4.69, 9.17) is 10.7 Å². The van der Waals surface area contributed by atoms with Crippen molar-refractivity contribution in [3.8, 4) is 0 Å². The Bertz CT molecular complexity index is 403. The number of hydrogen-bond acceptors (Lipinski definition) is 4. The lowest BCUT2D eigenvalue weighted by Crippen LogP contribution is -2.07. The number of halogens is 1. The van der Waals surface area contributed by atoms with Crippen molar-refractivity contribution in [2.24, 2.45) is 0 Å². The highest BCUT2D eigenvalue weighted by atomic mass is 35.7. The van der Waals surface area contributed by atoms with E-state index in [9.17, 15) is 16.8 Å². The molecular weight excluding hydrogens is 224 g/mol. The first-order valence-corrected chi connectivity index (χ1v) is 7.39. The standard InChI is InChI=1S/C5H7ClO4S2/c6-12(9,10)4-5-1-2-11(7,8)3-5/h1H,2-4H2. The summed E-state index contributed by atoms with van der Waals surface area (Å²) < 4.78 is 42.7. The minimum atomic E-state index is -3.62. The fraction of sp³-hybridized carbons (Fsp3) is 0.600. The van der Waals surface area contributed by atoms with Gasteiger partial charge in [-0.25, -0.2) is 16.8 Å². The van der Waals surface area contributed by atoms with Crippen LogP contribution in [-0.2, 0) is 18.9 Å². The van der Waals surface area contributed by atoms with E-state index >= 15 is 0 Å². The predicted molar refractivity (Wildman–Crippen MR) is 46.4 cm³/mol. The van der Waals surface area contributed by atoms with Crippen LogP contribution in [0.4, 0.5) is 0 Å². The summed E-state index contributed by atoms with van der Waals surface area (Å²) in [4.78, 5) is 0. The van der Waals surface area contributed by atoms with Crippen LogP contribution in [-0.4, -0.2) is 34.1 Å². The van der Waals surface area contributed by atoms with E-state index in [1.165, 1.54) is 6.08 Å². The Hall–Kier alpha value is -0.0700. The van der Waals surface area contributed by atoms with Crippen molar-refractivity contribution < 1.29 is 16.8 Å². The third kappa shape index (κ3) is 3.12. The van der Waals surface area contributed by atoms with Gasteiger partial charge < -0.3 is 0 Å². The first-order chi connectivity index (χ1) is 5.29. The van der Waals surface area contributed by atoms with Crippen LogP contribution in [0.25, 0.3) is 0 Å². The second kappa shape index (κ2) is 3.01. The van der Waals surface area contributed by atoms with Crippen molar-refractivity contribution in [2.45, 2.75) is 0 Å². The summed E-state index contributed by atoms with van der Waals surface area (Å²) >= 11 is 0. The zero-order valence-corrected chi connectivity index (χ0v) is 8.42. The molecule has 0 saturated heterocycles. The normalized spacial score (nSPS) is 22.2. The second-order valence-corrected chi connectivity index (χ2v) is 7.49. The molecule has 0 aliphatic carbocycles. The molecule has 0 aromatic heterocycles. The molecule has 0 radical (unpaired) electrons. The van der Waals surface area contributed by atoms with Crippen LogP contribution in [0.3, 0.4) is 0 Å². The highest BCUT2D eigenvalue weighted by molar-refractivity contribution is 8.13. The van der Waals surface area contributed by atoms with Gasteiger partial charge in [0, 0.05) is 10.7 Å². The third-order valence-corrected chi connectivity index (χ3v) is 3.92. The lowest BCUT2D eigenvalue weighted by molar-refractivity contribution is 0.603.